The highest BCUT2D eigenvalue weighted by atomic mass is 16.4. The van der Waals surface area contributed by atoms with Crippen molar-refractivity contribution in [2.75, 3.05) is 25.0 Å². The third-order valence-electron chi connectivity index (χ3n) is 7.00. The number of rotatable bonds is 7. The summed E-state index contributed by atoms with van der Waals surface area (Å²) in [6, 6.07) is 3.93. The van der Waals surface area contributed by atoms with Crippen LogP contribution in [0.4, 0.5) is 10.5 Å². The Hall–Kier alpha value is -3.43. The Bertz CT molecular complexity index is 1090. The van der Waals surface area contributed by atoms with Crippen LogP contribution in [0.2, 0.25) is 0 Å². The molecule has 2 aliphatic heterocycles. The molecule has 35 heavy (non-hydrogen) atoms. The zero-order valence-electron chi connectivity index (χ0n) is 20.3. The predicted octanol–water partition coefficient (Wildman–Crippen LogP) is 2.70. The van der Waals surface area contributed by atoms with Crippen molar-refractivity contribution in [3.63, 3.8) is 0 Å². The molecule has 1 saturated heterocycles. The van der Waals surface area contributed by atoms with Crippen molar-refractivity contribution in [2.45, 2.75) is 58.9 Å². The second-order valence-corrected chi connectivity index (χ2v) is 11.1. The van der Waals surface area contributed by atoms with E-state index in [0.29, 0.717) is 25.3 Å². The first-order valence-corrected chi connectivity index (χ1v) is 12.0. The Morgan fingerprint density at radius 2 is 1.91 bits per heavy atom. The van der Waals surface area contributed by atoms with Crippen molar-refractivity contribution in [1.29, 1.82) is 0 Å². The van der Waals surface area contributed by atoms with Gasteiger partial charge < -0.3 is 15.3 Å². The molecule has 3 N–H and O–H groups in total. The Morgan fingerprint density at radius 1 is 1.20 bits per heavy atom. The number of nitrogens with zero attached hydrogens (tertiary/aromatic N) is 2. The van der Waals surface area contributed by atoms with Gasteiger partial charge in [0.2, 0.25) is 11.8 Å². The number of imide groups is 2. The number of carboxylic acid groups (broad SMARTS) is 1. The molecular formula is C25H32N4O6. The fraction of sp³-hybridized carbons (Fsp3) is 0.560. The molecule has 2 fully saturated rings. The van der Waals surface area contributed by atoms with Crippen LogP contribution in [0.25, 0.3) is 0 Å². The van der Waals surface area contributed by atoms with Crippen molar-refractivity contribution in [3.05, 3.63) is 29.3 Å². The zero-order valence-corrected chi connectivity index (χ0v) is 20.3. The van der Waals surface area contributed by atoms with Gasteiger partial charge in [-0.05, 0) is 36.8 Å². The van der Waals surface area contributed by atoms with Crippen LogP contribution in [0.5, 0.6) is 0 Å². The summed E-state index contributed by atoms with van der Waals surface area (Å²) in [7, 11) is 0. The number of piperidine rings is 1. The Balaban J connectivity index is 1.52. The first-order chi connectivity index (χ1) is 16.4. The molecule has 0 aromatic heterocycles. The first-order valence-electron chi connectivity index (χ1n) is 12.0. The predicted molar refractivity (Wildman–Crippen MR) is 127 cm³/mol. The van der Waals surface area contributed by atoms with E-state index in [4.69, 9.17) is 0 Å². The van der Waals surface area contributed by atoms with Gasteiger partial charge in [0.05, 0.1) is 11.1 Å². The minimum absolute atomic E-state index is 0.0616. The number of nitrogens with one attached hydrogen (secondary N) is 2. The molecule has 1 saturated carbocycles. The van der Waals surface area contributed by atoms with E-state index >= 15 is 0 Å². The van der Waals surface area contributed by atoms with Crippen LogP contribution in [-0.4, -0.2) is 70.3 Å². The maximum Gasteiger partial charge on any atom is 0.407 e. The van der Waals surface area contributed by atoms with Gasteiger partial charge in [-0.15, -0.1) is 0 Å². The van der Waals surface area contributed by atoms with Crippen molar-refractivity contribution in [2.24, 2.45) is 10.8 Å². The molecule has 0 radical (unpaired) electrons. The second kappa shape index (κ2) is 8.98. The average molecular weight is 485 g/mol. The van der Waals surface area contributed by atoms with Gasteiger partial charge in [0.1, 0.15) is 6.04 Å². The highest BCUT2D eigenvalue weighted by Crippen LogP contribution is 2.43. The van der Waals surface area contributed by atoms with Gasteiger partial charge >= 0.3 is 6.09 Å². The number of hydrogen-bond acceptors (Lipinski definition) is 6. The Kier molecular flexibility index (Phi) is 6.33. The molecule has 2 heterocycles. The smallest absolute Gasteiger partial charge is 0.407 e. The lowest BCUT2D eigenvalue weighted by Crippen LogP contribution is -2.54. The van der Waals surface area contributed by atoms with E-state index < -0.39 is 35.8 Å². The average Bonchev–Trinajstić information content (AvgIpc) is 2.99. The summed E-state index contributed by atoms with van der Waals surface area (Å²) in [4.78, 5) is 64.5. The second-order valence-electron chi connectivity index (χ2n) is 11.1. The summed E-state index contributed by atoms with van der Waals surface area (Å²) >= 11 is 0. The topological polar surface area (TPSA) is 136 Å². The molecule has 10 heteroatoms. The van der Waals surface area contributed by atoms with E-state index in [2.05, 4.69) is 10.6 Å². The highest BCUT2D eigenvalue weighted by Gasteiger charge is 2.46. The molecule has 0 spiro atoms. The van der Waals surface area contributed by atoms with Crippen molar-refractivity contribution >= 4 is 35.4 Å². The molecule has 1 aromatic rings. The maximum absolute atomic E-state index is 13.3. The molecule has 3 aliphatic rings. The fourth-order valence-electron chi connectivity index (χ4n) is 5.18. The number of carbonyl (C=O) groups is 5. The van der Waals surface area contributed by atoms with Crippen LogP contribution in [0.3, 0.4) is 0 Å². The molecule has 188 valence electrons. The van der Waals surface area contributed by atoms with Crippen LogP contribution in [0, 0.1) is 10.8 Å². The van der Waals surface area contributed by atoms with E-state index in [0.717, 1.165) is 24.2 Å². The summed E-state index contributed by atoms with van der Waals surface area (Å²) in [5.41, 5.74) is 0.471. The number of amides is 5. The molecule has 1 aromatic carbocycles. The molecule has 5 amide bonds. The first kappa shape index (κ1) is 24.7. The third kappa shape index (κ3) is 4.87. The Labute approximate surface area is 204 Å². The molecule has 1 aliphatic carbocycles. The van der Waals surface area contributed by atoms with E-state index in [9.17, 15) is 29.1 Å². The van der Waals surface area contributed by atoms with Crippen LogP contribution in [-0.2, 0) is 9.59 Å². The summed E-state index contributed by atoms with van der Waals surface area (Å²) in [5, 5.41) is 15.3. The number of anilines is 1. The van der Waals surface area contributed by atoms with E-state index in [1.807, 2.05) is 20.8 Å². The highest BCUT2D eigenvalue weighted by molar-refractivity contribution is 6.25. The minimum Gasteiger partial charge on any atom is -0.465 e. The Morgan fingerprint density at radius 3 is 2.49 bits per heavy atom. The number of hydrogen-bond donors (Lipinski definition) is 3. The summed E-state index contributed by atoms with van der Waals surface area (Å²) in [6.07, 6.45) is 1.93. The minimum atomic E-state index is -1.02. The quantitative estimate of drug-likeness (QED) is 0.506. The van der Waals surface area contributed by atoms with Crippen molar-refractivity contribution in [3.8, 4) is 0 Å². The number of benzene rings is 1. The van der Waals surface area contributed by atoms with Gasteiger partial charge in [-0.1, -0.05) is 33.3 Å². The standard InChI is InChI=1S/C25H32N4O6/c1-24(2,3)13-28(23(34)35)14-25(10-5-11-25)12-26-16-7-4-6-15-19(16)22(33)29(21(15)32)17-8-9-18(30)27-20(17)31/h4,6-7,17,26H,5,8-14H2,1-3H3,(H,34,35)(H,27,30,31). The normalized spacial score (nSPS) is 21.3. The number of fused-ring (bicyclic) bond motifs is 1. The van der Waals surface area contributed by atoms with Crippen molar-refractivity contribution in [1.82, 2.24) is 15.1 Å². The number of carbonyl (C=O) groups excluding carboxylic acids is 4. The fourth-order valence-corrected chi connectivity index (χ4v) is 5.18. The van der Waals surface area contributed by atoms with Crippen LogP contribution in [0.15, 0.2) is 18.2 Å². The van der Waals surface area contributed by atoms with Gasteiger partial charge in [0.25, 0.3) is 11.8 Å². The summed E-state index contributed by atoms with van der Waals surface area (Å²) in [6.45, 7) is 7.25. The largest absolute Gasteiger partial charge is 0.465 e. The zero-order chi connectivity index (χ0) is 25.5. The van der Waals surface area contributed by atoms with E-state index in [1.54, 1.807) is 18.2 Å². The summed E-state index contributed by atoms with van der Waals surface area (Å²) in [5.74, 6) is -2.18. The van der Waals surface area contributed by atoms with Gasteiger partial charge in [-0.2, -0.15) is 0 Å². The van der Waals surface area contributed by atoms with Gasteiger partial charge in [0, 0.05) is 37.2 Å². The van der Waals surface area contributed by atoms with Crippen LogP contribution >= 0.6 is 0 Å². The van der Waals surface area contributed by atoms with Gasteiger partial charge in [-0.3, -0.25) is 29.4 Å². The lowest BCUT2D eigenvalue weighted by Gasteiger charge is -2.45. The third-order valence-corrected chi connectivity index (χ3v) is 7.00. The van der Waals surface area contributed by atoms with E-state index in [1.165, 1.54) is 4.90 Å². The molecule has 0 bridgehead atoms. The van der Waals surface area contributed by atoms with Crippen LogP contribution < -0.4 is 10.6 Å². The monoisotopic (exact) mass is 484 g/mol. The van der Waals surface area contributed by atoms with E-state index in [-0.39, 0.29) is 34.8 Å². The lowest BCUT2D eigenvalue weighted by atomic mass is 9.68. The van der Waals surface area contributed by atoms with Gasteiger partial charge in [0.15, 0.2) is 0 Å². The molecule has 1 unspecified atom stereocenters. The molecule has 4 rings (SSSR count). The van der Waals surface area contributed by atoms with Gasteiger partial charge in [-0.25, -0.2) is 4.79 Å². The van der Waals surface area contributed by atoms with Crippen LogP contribution in [0.1, 0.15) is 73.6 Å². The molecule has 1 atom stereocenters. The summed E-state index contributed by atoms with van der Waals surface area (Å²) < 4.78 is 0. The maximum atomic E-state index is 13.3. The van der Waals surface area contributed by atoms with Crippen molar-refractivity contribution < 1.29 is 29.1 Å². The SMILES string of the molecule is CC(C)(C)CN(CC1(CNc2cccc3c2C(=O)N(C2CCC(=O)NC2=O)C3=O)CCC1)C(=O)O. The molecular weight excluding hydrogens is 452 g/mol. The molecule has 10 nitrogen and oxygen atoms in total. The lowest BCUT2D eigenvalue weighted by molar-refractivity contribution is -0.136.